The number of hydrogen-bond acceptors (Lipinski definition) is 1. The Bertz CT molecular complexity index is 556. The minimum Gasteiger partial charge on any atom is -0.383 e. The van der Waals surface area contributed by atoms with Gasteiger partial charge in [-0.05, 0) is 12.8 Å². The van der Waals surface area contributed by atoms with Crippen molar-refractivity contribution in [3.05, 3.63) is 36.0 Å². The van der Waals surface area contributed by atoms with E-state index in [4.69, 9.17) is 16.9 Å². The maximum absolute atomic E-state index is 15.6. The molecule has 5 N–H and O–H groups in total. The fraction of sp³-hybridized carbons (Fsp3) is 0.500. The monoisotopic (exact) mass is 416 g/mol. The molecule has 0 aromatic heterocycles. The first-order chi connectivity index (χ1) is 10.4. The second-order valence-corrected chi connectivity index (χ2v) is 7.63. The molecule has 0 amide bonds. The van der Waals surface area contributed by atoms with Crippen molar-refractivity contribution in [1.82, 2.24) is 0 Å². The molecule has 1 fully saturated rings. The normalized spacial score (nSPS) is 28.6. The van der Waals surface area contributed by atoms with Gasteiger partial charge in [-0.25, -0.2) is 4.39 Å². The van der Waals surface area contributed by atoms with Gasteiger partial charge >= 0.3 is 0 Å². The first-order valence-corrected chi connectivity index (χ1v) is 8.59. The van der Waals surface area contributed by atoms with Crippen LogP contribution in [0, 0.1) is 5.41 Å². The van der Waals surface area contributed by atoms with Gasteiger partial charge < -0.3 is 11.5 Å². The van der Waals surface area contributed by atoms with Crippen LogP contribution in [0.15, 0.2) is 40.9 Å². The average Bonchev–Trinajstić information content (AvgIpc) is 2.78. The number of nitrogens with one attached hydrogen (secondary N) is 1. The maximum Gasteiger partial charge on any atom is 0.214 e. The predicted molar refractivity (Wildman–Crippen MR) is 98.2 cm³/mol. The molecule has 4 nitrogen and oxygen atoms in total. The minimum atomic E-state index is -1.24. The molecule has 2 aliphatic rings. The molecule has 0 aromatic carbocycles. The Balaban J connectivity index is 2.27. The van der Waals surface area contributed by atoms with E-state index in [0.717, 1.165) is 25.7 Å². The Kier molecular flexibility index (Phi) is 5.41. The summed E-state index contributed by atoms with van der Waals surface area (Å²) in [6.07, 6.45) is 14.3. The molecule has 0 aromatic rings. The molecule has 1 saturated carbocycles. The minimum absolute atomic E-state index is 0.169. The highest BCUT2D eigenvalue weighted by Gasteiger charge is 2.47. The standard InChI is InChI=1S/C16H22FIN4/c17-15(8-3-1-2-4-9-15)16(18)10-5-6-12(7-11-16)13(19)22-14(20)21/h5-7,10-11H,1-4,8-9H2,(H5,19,20,21,22). The zero-order valence-corrected chi connectivity index (χ0v) is 14.6. The van der Waals surface area contributed by atoms with Crippen LogP contribution in [0.3, 0.4) is 0 Å². The van der Waals surface area contributed by atoms with Crippen molar-refractivity contribution in [2.45, 2.75) is 47.6 Å². The molecule has 0 aliphatic heterocycles. The summed E-state index contributed by atoms with van der Waals surface area (Å²) in [4.78, 5) is 3.74. The number of nitrogens with two attached hydrogens (primary N) is 2. The number of guanidine groups is 1. The van der Waals surface area contributed by atoms with Gasteiger partial charge in [0.05, 0.1) is 3.42 Å². The smallest absolute Gasteiger partial charge is 0.214 e. The van der Waals surface area contributed by atoms with Crippen molar-refractivity contribution in [3.63, 3.8) is 0 Å². The van der Waals surface area contributed by atoms with E-state index >= 15 is 4.39 Å². The maximum atomic E-state index is 15.6. The number of hydrogen-bond donors (Lipinski definition) is 3. The van der Waals surface area contributed by atoms with E-state index in [-0.39, 0.29) is 11.8 Å². The number of nitrogens with zero attached hydrogens (tertiary/aromatic N) is 1. The number of aliphatic imine (C=N–C) groups is 1. The first-order valence-electron chi connectivity index (χ1n) is 7.51. The lowest BCUT2D eigenvalue weighted by atomic mass is 9.82. The van der Waals surface area contributed by atoms with Crippen molar-refractivity contribution in [1.29, 1.82) is 5.41 Å². The van der Waals surface area contributed by atoms with E-state index in [9.17, 15) is 0 Å². The van der Waals surface area contributed by atoms with Crippen LogP contribution in [-0.2, 0) is 0 Å². The van der Waals surface area contributed by atoms with Crippen LogP contribution in [0.5, 0.6) is 0 Å². The molecule has 0 bridgehead atoms. The summed E-state index contributed by atoms with van der Waals surface area (Å²) in [5.74, 6) is -0.172. The lowest BCUT2D eigenvalue weighted by molar-refractivity contribution is 0.130. The quantitative estimate of drug-likeness (QED) is 0.212. The van der Waals surface area contributed by atoms with E-state index in [1.165, 1.54) is 0 Å². The van der Waals surface area contributed by atoms with Gasteiger partial charge in [0.1, 0.15) is 11.5 Å². The zero-order chi connectivity index (χ0) is 16.2. The summed E-state index contributed by atoms with van der Waals surface area (Å²) < 4.78 is 14.9. The van der Waals surface area contributed by atoms with E-state index in [1.54, 1.807) is 12.2 Å². The predicted octanol–water partition coefficient (Wildman–Crippen LogP) is 3.53. The third-order valence-electron chi connectivity index (χ3n) is 4.24. The van der Waals surface area contributed by atoms with Crippen molar-refractivity contribution in [2.75, 3.05) is 0 Å². The van der Waals surface area contributed by atoms with Crippen LogP contribution in [0.1, 0.15) is 38.5 Å². The van der Waals surface area contributed by atoms with Crippen molar-refractivity contribution in [3.8, 4) is 0 Å². The number of amidine groups is 1. The molecule has 0 radical (unpaired) electrons. The Hall–Kier alpha value is -1.18. The van der Waals surface area contributed by atoms with Crippen LogP contribution >= 0.6 is 22.6 Å². The third-order valence-corrected chi connectivity index (χ3v) is 5.93. The van der Waals surface area contributed by atoms with Gasteiger partial charge in [0.2, 0.25) is 5.96 Å². The van der Waals surface area contributed by atoms with E-state index in [0.29, 0.717) is 18.4 Å². The van der Waals surface area contributed by atoms with Crippen LogP contribution in [0.4, 0.5) is 4.39 Å². The number of halogens is 2. The van der Waals surface area contributed by atoms with Gasteiger partial charge in [0.25, 0.3) is 0 Å². The Morgan fingerprint density at radius 1 is 1.18 bits per heavy atom. The molecule has 120 valence electrons. The van der Waals surface area contributed by atoms with Crippen molar-refractivity contribution in [2.24, 2.45) is 16.5 Å². The first kappa shape index (κ1) is 17.2. The van der Waals surface area contributed by atoms with Gasteiger partial charge in [-0.15, -0.1) is 0 Å². The average molecular weight is 416 g/mol. The number of allylic oxidation sites excluding steroid dienone is 4. The summed E-state index contributed by atoms with van der Waals surface area (Å²) >= 11 is 2.20. The molecule has 1 unspecified atom stereocenters. The summed E-state index contributed by atoms with van der Waals surface area (Å²) in [6, 6.07) is 0. The summed E-state index contributed by atoms with van der Waals surface area (Å²) in [5.41, 5.74) is 10.5. The van der Waals surface area contributed by atoms with E-state index in [2.05, 4.69) is 27.6 Å². The molecule has 0 heterocycles. The fourth-order valence-corrected chi connectivity index (χ4v) is 3.88. The second kappa shape index (κ2) is 6.93. The molecule has 6 heteroatoms. The molecule has 0 saturated heterocycles. The fourth-order valence-electron chi connectivity index (χ4n) is 2.95. The van der Waals surface area contributed by atoms with Crippen LogP contribution in [0.2, 0.25) is 0 Å². The summed E-state index contributed by atoms with van der Waals surface area (Å²) in [7, 11) is 0. The van der Waals surface area contributed by atoms with Gasteiger partial charge in [-0.1, -0.05) is 78.7 Å². The van der Waals surface area contributed by atoms with Crippen molar-refractivity contribution < 1.29 is 4.39 Å². The third kappa shape index (κ3) is 3.77. The Labute approximate surface area is 144 Å². The van der Waals surface area contributed by atoms with Crippen molar-refractivity contribution >= 4 is 34.4 Å². The highest BCUT2D eigenvalue weighted by Crippen LogP contribution is 2.47. The molecular formula is C16H22FIN4. The van der Waals surface area contributed by atoms with Crippen LogP contribution in [0.25, 0.3) is 0 Å². The highest BCUT2D eigenvalue weighted by molar-refractivity contribution is 14.1. The summed E-state index contributed by atoms with van der Waals surface area (Å²) in [5, 5.41) is 7.17. The van der Waals surface area contributed by atoms with Crippen LogP contribution < -0.4 is 11.5 Å². The molecule has 0 spiro atoms. The zero-order valence-electron chi connectivity index (χ0n) is 12.5. The van der Waals surface area contributed by atoms with Gasteiger partial charge in [0.15, 0.2) is 0 Å². The van der Waals surface area contributed by atoms with E-state index < -0.39 is 9.09 Å². The number of alkyl halides is 2. The highest BCUT2D eigenvalue weighted by atomic mass is 127. The SMILES string of the molecule is N=C(N)N=C(N)C1=CC=CC(I)(C2(F)CCCCCC2)C=C1. The Morgan fingerprint density at radius 2 is 1.82 bits per heavy atom. The lowest BCUT2D eigenvalue weighted by Gasteiger charge is -2.37. The topological polar surface area (TPSA) is 88.2 Å². The van der Waals surface area contributed by atoms with Crippen LogP contribution in [-0.4, -0.2) is 20.9 Å². The molecule has 1 atom stereocenters. The summed E-state index contributed by atoms with van der Waals surface area (Å²) in [6.45, 7) is 0. The van der Waals surface area contributed by atoms with Gasteiger partial charge in [0, 0.05) is 5.57 Å². The molecular weight excluding hydrogens is 394 g/mol. The van der Waals surface area contributed by atoms with Gasteiger partial charge in [-0.2, -0.15) is 4.99 Å². The molecule has 2 aliphatic carbocycles. The molecule has 22 heavy (non-hydrogen) atoms. The van der Waals surface area contributed by atoms with Gasteiger partial charge in [-0.3, -0.25) is 5.41 Å². The van der Waals surface area contributed by atoms with E-state index in [1.807, 2.05) is 18.2 Å². The second-order valence-electron chi connectivity index (χ2n) is 5.84. The number of rotatable bonds is 2. The lowest BCUT2D eigenvalue weighted by Crippen LogP contribution is -2.43. The Morgan fingerprint density at radius 3 is 2.41 bits per heavy atom. The largest absolute Gasteiger partial charge is 0.383 e. The molecule has 2 rings (SSSR count).